The molecule has 2 rings (SSSR count). The molecule has 0 heterocycles. The van der Waals surface area contributed by atoms with E-state index in [2.05, 4.69) is 11.8 Å². The zero-order chi connectivity index (χ0) is 10.7. The number of aliphatic hydroxyl groups is 1. The van der Waals surface area contributed by atoms with E-state index in [1.54, 1.807) is 0 Å². The summed E-state index contributed by atoms with van der Waals surface area (Å²) in [5.74, 6) is 0. The molecule has 2 heteroatoms. The minimum Gasteiger partial charge on any atom is -0.391 e. The van der Waals surface area contributed by atoms with Gasteiger partial charge in [0.15, 0.2) is 0 Å². The molecule has 1 N–H and O–H groups in total. The van der Waals surface area contributed by atoms with Gasteiger partial charge in [-0.05, 0) is 38.6 Å². The fraction of sp³-hybridized carbons (Fsp3) is 1.00. The third-order valence-corrected chi connectivity index (χ3v) is 3.91. The summed E-state index contributed by atoms with van der Waals surface area (Å²) in [7, 11) is 0. The molecule has 2 saturated carbocycles. The molecule has 0 aromatic heterocycles. The van der Waals surface area contributed by atoms with Crippen LogP contribution in [0.25, 0.3) is 0 Å². The average Bonchev–Trinajstić information content (AvgIpc) is 3.05. The number of hydrogen-bond acceptors (Lipinski definition) is 2. The first-order valence-corrected chi connectivity index (χ1v) is 6.76. The van der Waals surface area contributed by atoms with Crippen LogP contribution in [0.5, 0.6) is 0 Å². The Bertz CT molecular complexity index is 191. The minimum absolute atomic E-state index is 0.0452. The Hall–Kier alpha value is -0.0800. The summed E-state index contributed by atoms with van der Waals surface area (Å²) in [6.45, 7) is 3.46. The van der Waals surface area contributed by atoms with E-state index >= 15 is 0 Å². The molecule has 0 radical (unpaired) electrons. The first-order chi connectivity index (χ1) is 7.33. The van der Waals surface area contributed by atoms with Crippen LogP contribution in [-0.2, 0) is 0 Å². The van der Waals surface area contributed by atoms with Crippen LogP contribution >= 0.6 is 0 Å². The summed E-state index contributed by atoms with van der Waals surface area (Å²) in [6, 6.07) is 1.30. The highest BCUT2D eigenvalue weighted by Crippen LogP contribution is 2.33. The van der Waals surface area contributed by atoms with Crippen LogP contribution in [0.15, 0.2) is 0 Å². The van der Waals surface area contributed by atoms with Gasteiger partial charge < -0.3 is 5.11 Å². The van der Waals surface area contributed by atoms with E-state index in [9.17, 15) is 5.11 Å². The fourth-order valence-electron chi connectivity index (χ4n) is 2.84. The Balaban J connectivity index is 1.89. The van der Waals surface area contributed by atoms with Gasteiger partial charge in [0.2, 0.25) is 0 Å². The molecule has 0 spiro atoms. The van der Waals surface area contributed by atoms with Gasteiger partial charge in [-0.25, -0.2) is 0 Å². The van der Waals surface area contributed by atoms with E-state index in [1.807, 2.05) is 0 Å². The molecule has 2 atom stereocenters. The van der Waals surface area contributed by atoms with Crippen molar-refractivity contribution in [1.29, 1.82) is 0 Å². The van der Waals surface area contributed by atoms with E-state index in [0.29, 0.717) is 6.04 Å². The normalized spacial score (nSPS) is 32.2. The molecule has 2 aliphatic carbocycles. The molecule has 15 heavy (non-hydrogen) atoms. The summed E-state index contributed by atoms with van der Waals surface area (Å²) < 4.78 is 0. The van der Waals surface area contributed by atoms with Gasteiger partial charge in [-0.15, -0.1) is 0 Å². The zero-order valence-electron chi connectivity index (χ0n) is 9.99. The number of unbranched alkanes of at least 4 members (excludes halogenated alkanes) is 1. The van der Waals surface area contributed by atoms with E-state index in [-0.39, 0.29) is 6.10 Å². The molecule has 0 bridgehead atoms. The summed E-state index contributed by atoms with van der Waals surface area (Å²) in [5, 5.41) is 10.1. The second-order valence-electron chi connectivity index (χ2n) is 5.24. The molecule has 2 aliphatic rings. The number of rotatable bonds is 5. The van der Waals surface area contributed by atoms with Crippen molar-refractivity contribution in [1.82, 2.24) is 4.90 Å². The van der Waals surface area contributed by atoms with Crippen molar-refractivity contribution in [2.24, 2.45) is 0 Å². The van der Waals surface area contributed by atoms with Gasteiger partial charge in [0.25, 0.3) is 0 Å². The van der Waals surface area contributed by atoms with Gasteiger partial charge in [0, 0.05) is 12.1 Å². The molecular weight excluding hydrogens is 186 g/mol. The third-order valence-electron chi connectivity index (χ3n) is 3.91. The van der Waals surface area contributed by atoms with Gasteiger partial charge in [-0.1, -0.05) is 26.2 Å². The summed E-state index contributed by atoms with van der Waals surface area (Å²) in [6.07, 6.45) is 10.0. The van der Waals surface area contributed by atoms with E-state index in [4.69, 9.17) is 0 Å². The van der Waals surface area contributed by atoms with Crippen molar-refractivity contribution >= 4 is 0 Å². The van der Waals surface area contributed by atoms with Crippen molar-refractivity contribution in [3.8, 4) is 0 Å². The molecule has 0 aliphatic heterocycles. The molecular formula is C13H25NO. The Kier molecular flexibility index (Phi) is 4.04. The third kappa shape index (κ3) is 2.94. The Morgan fingerprint density at radius 3 is 2.47 bits per heavy atom. The smallest absolute Gasteiger partial charge is 0.0695 e. The van der Waals surface area contributed by atoms with Gasteiger partial charge in [0.1, 0.15) is 0 Å². The van der Waals surface area contributed by atoms with Crippen LogP contribution in [0.4, 0.5) is 0 Å². The molecule has 88 valence electrons. The van der Waals surface area contributed by atoms with E-state index in [0.717, 1.165) is 12.5 Å². The van der Waals surface area contributed by atoms with Gasteiger partial charge in [-0.2, -0.15) is 0 Å². The lowest BCUT2D eigenvalue weighted by atomic mass is 9.91. The highest BCUT2D eigenvalue weighted by atomic mass is 16.3. The molecule has 2 nitrogen and oxygen atoms in total. The molecule has 0 aromatic rings. The van der Waals surface area contributed by atoms with Gasteiger partial charge in [0.05, 0.1) is 6.10 Å². The molecule has 2 unspecified atom stereocenters. The predicted octanol–water partition coefficient (Wildman–Crippen LogP) is 2.55. The first kappa shape index (κ1) is 11.4. The maximum Gasteiger partial charge on any atom is 0.0695 e. The van der Waals surface area contributed by atoms with E-state index < -0.39 is 0 Å². The number of nitrogens with zero attached hydrogens (tertiary/aromatic N) is 1. The predicted molar refractivity (Wildman–Crippen MR) is 62.9 cm³/mol. The SMILES string of the molecule is CCCCN(C1CC1)C1CCCCC1O. The molecule has 0 saturated heterocycles. The monoisotopic (exact) mass is 211 g/mol. The highest BCUT2D eigenvalue weighted by molar-refractivity contribution is 4.92. The maximum atomic E-state index is 10.1. The standard InChI is InChI=1S/C13H25NO/c1-2-3-10-14(11-8-9-11)12-6-4-5-7-13(12)15/h11-13,15H,2-10H2,1H3. The molecule has 0 amide bonds. The average molecular weight is 211 g/mol. The lowest BCUT2D eigenvalue weighted by molar-refractivity contribution is 0.0148. The topological polar surface area (TPSA) is 23.5 Å². The van der Waals surface area contributed by atoms with Crippen LogP contribution in [0.1, 0.15) is 58.3 Å². The lowest BCUT2D eigenvalue weighted by Gasteiger charge is -2.38. The van der Waals surface area contributed by atoms with Crippen molar-refractivity contribution in [3.05, 3.63) is 0 Å². The molecule has 2 fully saturated rings. The van der Waals surface area contributed by atoms with Crippen molar-refractivity contribution < 1.29 is 5.11 Å². The van der Waals surface area contributed by atoms with Crippen molar-refractivity contribution in [3.63, 3.8) is 0 Å². The van der Waals surface area contributed by atoms with E-state index in [1.165, 1.54) is 51.5 Å². The minimum atomic E-state index is -0.0452. The zero-order valence-corrected chi connectivity index (χ0v) is 9.99. The number of aliphatic hydroxyl groups excluding tert-OH is 1. The highest BCUT2D eigenvalue weighted by Gasteiger charge is 2.37. The summed E-state index contributed by atoms with van der Waals surface area (Å²) in [4.78, 5) is 2.62. The Labute approximate surface area is 93.7 Å². The summed E-state index contributed by atoms with van der Waals surface area (Å²) in [5.41, 5.74) is 0. The van der Waals surface area contributed by atoms with Crippen LogP contribution in [0.2, 0.25) is 0 Å². The number of hydrogen-bond donors (Lipinski definition) is 1. The molecule has 0 aromatic carbocycles. The van der Waals surface area contributed by atoms with Crippen LogP contribution in [-0.4, -0.2) is 34.7 Å². The van der Waals surface area contributed by atoms with Crippen molar-refractivity contribution in [2.45, 2.75) is 76.5 Å². The van der Waals surface area contributed by atoms with Crippen LogP contribution < -0.4 is 0 Å². The van der Waals surface area contributed by atoms with Gasteiger partial charge in [-0.3, -0.25) is 4.90 Å². The van der Waals surface area contributed by atoms with Crippen molar-refractivity contribution in [2.75, 3.05) is 6.54 Å². The lowest BCUT2D eigenvalue weighted by Crippen LogP contribution is -2.47. The summed E-state index contributed by atoms with van der Waals surface area (Å²) >= 11 is 0. The Morgan fingerprint density at radius 1 is 1.13 bits per heavy atom. The Morgan fingerprint density at radius 2 is 1.87 bits per heavy atom. The maximum absolute atomic E-state index is 10.1. The quantitative estimate of drug-likeness (QED) is 0.755. The van der Waals surface area contributed by atoms with Crippen LogP contribution in [0.3, 0.4) is 0 Å². The second kappa shape index (κ2) is 5.31. The second-order valence-corrected chi connectivity index (χ2v) is 5.24. The van der Waals surface area contributed by atoms with Crippen LogP contribution in [0, 0.1) is 0 Å². The largest absolute Gasteiger partial charge is 0.391 e. The fourth-order valence-corrected chi connectivity index (χ4v) is 2.84. The first-order valence-electron chi connectivity index (χ1n) is 6.76. The van der Waals surface area contributed by atoms with Gasteiger partial charge >= 0.3 is 0 Å².